The highest BCUT2D eigenvalue weighted by Crippen LogP contribution is 2.28. The Labute approximate surface area is 115 Å². The quantitative estimate of drug-likeness (QED) is 0.875. The van der Waals surface area contributed by atoms with Gasteiger partial charge in [0.25, 0.3) is 0 Å². The van der Waals surface area contributed by atoms with E-state index in [0.717, 1.165) is 0 Å². The van der Waals surface area contributed by atoms with E-state index < -0.39 is 11.2 Å². The summed E-state index contributed by atoms with van der Waals surface area (Å²) in [6.07, 6.45) is 1.25. The molecule has 0 fully saturated rings. The molecule has 0 saturated carbocycles. The second-order valence-corrected chi connectivity index (χ2v) is 5.19. The van der Waals surface area contributed by atoms with Crippen LogP contribution in [0.15, 0.2) is 22.7 Å². The van der Waals surface area contributed by atoms with Gasteiger partial charge < -0.3 is 11.1 Å². The van der Waals surface area contributed by atoms with Crippen LogP contribution >= 0.6 is 15.9 Å². The SMILES string of the molecule is CCC(CC)(CN)C(=O)Nc1cc(Br)ccc1F. The molecule has 0 bridgehead atoms. The molecule has 0 radical (unpaired) electrons. The van der Waals surface area contributed by atoms with Crippen LogP contribution in [0.2, 0.25) is 0 Å². The predicted molar refractivity (Wildman–Crippen MR) is 74.8 cm³/mol. The van der Waals surface area contributed by atoms with Crippen LogP contribution < -0.4 is 11.1 Å². The number of anilines is 1. The molecule has 1 amide bonds. The Bertz CT molecular complexity index is 425. The summed E-state index contributed by atoms with van der Waals surface area (Å²) >= 11 is 3.25. The van der Waals surface area contributed by atoms with Gasteiger partial charge in [-0.25, -0.2) is 4.39 Å². The number of hydrogen-bond donors (Lipinski definition) is 2. The van der Waals surface area contributed by atoms with Gasteiger partial charge in [-0.2, -0.15) is 0 Å². The Kier molecular flexibility index (Phi) is 5.28. The van der Waals surface area contributed by atoms with Crippen molar-refractivity contribution < 1.29 is 9.18 Å². The second-order valence-electron chi connectivity index (χ2n) is 4.27. The molecule has 0 aliphatic heterocycles. The summed E-state index contributed by atoms with van der Waals surface area (Å²) in [7, 11) is 0. The van der Waals surface area contributed by atoms with Gasteiger partial charge in [-0.1, -0.05) is 29.8 Å². The number of rotatable bonds is 5. The van der Waals surface area contributed by atoms with Gasteiger partial charge in [0.2, 0.25) is 5.91 Å². The number of nitrogens with one attached hydrogen (secondary N) is 1. The van der Waals surface area contributed by atoms with Crippen LogP contribution in [0.4, 0.5) is 10.1 Å². The van der Waals surface area contributed by atoms with Crippen molar-refractivity contribution in [2.45, 2.75) is 26.7 Å². The molecule has 1 aromatic carbocycles. The molecular formula is C13H18BrFN2O. The summed E-state index contributed by atoms with van der Waals surface area (Å²) in [4.78, 5) is 12.2. The lowest BCUT2D eigenvalue weighted by Crippen LogP contribution is -2.41. The first-order chi connectivity index (χ1) is 8.49. The van der Waals surface area contributed by atoms with Gasteiger partial charge >= 0.3 is 0 Å². The van der Waals surface area contributed by atoms with Gasteiger partial charge in [0.05, 0.1) is 11.1 Å². The fraction of sp³-hybridized carbons (Fsp3) is 0.462. The minimum atomic E-state index is -0.630. The zero-order chi connectivity index (χ0) is 13.8. The van der Waals surface area contributed by atoms with Gasteiger partial charge in [-0.3, -0.25) is 4.79 Å². The van der Waals surface area contributed by atoms with Crippen molar-refractivity contribution in [1.82, 2.24) is 0 Å². The molecule has 0 spiro atoms. The molecule has 0 unspecified atom stereocenters. The molecule has 0 aliphatic rings. The van der Waals surface area contributed by atoms with Gasteiger partial charge in [-0.05, 0) is 31.0 Å². The first kappa shape index (κ1) is 15.1. The van der Waals surface area contributed by atoms with Crippen molar-refractivity contribution >= 4 is 27.5 Å². The molecule has 0 aromatic heterocycles. The highest BCUT2D eigenvalue weighted by Gasteiger charge is 2.33. The normalized spacial score (nSPS) is 11.4. The number of hydrogen-bond acceptors (Lipinski definition) is 2. The maximum absolute atomic E-state index is 13.6. The molecule has 0 heterocycles. The summed E-state index contributed by atoms with van der Waals surface area (Å²) in [5.41, 5.74) is 5.23. The molecule has 1 aromatic rings. The highest BCUT2D eigenvalue weighted by atomic mass is 79.9. The van der Waals surface area contributed by atoms with Crippen LogP contribution in [0, 0.1) is 11.2 Å². The van der Waals surface area contributed by atoms with Gasteiger partial charge in [-0.15, -0.1) is 0 Å². The number of carbonyl (C=O) groups excluding carboxylic acids is 1. The van der Waals surface area contributed by atoms with Crippen molar-refractivity contribution in [2.75, 3.05) is 11.9 Å². The maximum atomic E-state index is 13.6. The number of amides is 1. The summed E-state index contributed by atoms with van der Waals surface area (Å²) in [5.74, 6) is -0.684. The first-order valence-corrected chi connectivity index (χ1v) is 6.75. The summed E-state index contributed by atoms with van der Waals surface area (Å²) in [6, 6.07) is 4.43. The van der Waals surface area contributed by atoms with Crippen LogP contribution in [0.5, 0.6) is 0 Å². The third-order valence-corrected chi connectivity index (χ3v) is 3.90. The van der Waals surface area contributed by atoms with Gasteiger partial charge in [0, 0.05) is 11.0 Å². The molecule has 3 N–H and O–H groups in total. The van der Waals surface area contributed by atoms with Crippen LogP contribution in [0.3, 0.4) is 0 Å². The average molecular weight is 317 g/mol. The molecule has 0 aliphatic carbocycles. The fourth-order valence-corrected chi connectivity index (χ4v) is 2.16. The molecule has 0 atom stereocenters. The largest absolute Gasteiger partial charge is 0.329 e. The zero-order valence-electron chi connectivity index (χ0n) is 10.6. The standard InChI is InChI=1S/C13H18BrFN2O/c1-3-13(4-2,8-16)12(18)17-11-7-9(14)5-6-10(11)15/h5-7H,3-4,8,16H2,1-2H3,(H,17,18). The Hall–Kier alpha value is -0.940. The lowest BCUT2D eigenvalue weighted by Gasteiger charge is -2.28. The van der Waals surface area contributed by atoms with Crippen LogP contribution in [0.1, 0.15) is 26.7 Å². The first-order valence-electron chi connectivity index (χ1n) is 5.95. The predicted octanol–water partition coefficient (Wildman–Crippen LogP) is 3.29. The topological polar surface area (TPSA) is 55.1 Å². The average Bonchev–Trinajstić information content (AvgIpc) is 2.37. The molecular weight excluding hydrogens is 299 g/mol. The summed E-state index contributed by atoms with van der Waals surface area (Å²) in [6.45, 7) is 4.07. The third kappa shape index (κ3) is 3.09. The Morgan fingerprint density at radius 2 is 2.06 bits per heavy atom. The number of carbonyl (C=O) groups is 1. The molecule has 18 heavy (non-hydrogen) atoms. The van der Waals surface area contributed by atoms with E-state index in [1.165, 1.54) is 6.07 Å². The van der Waals surface area contributed by atoms with E-state index in [0.29, 0.717) is 17.3 Å². The minimum absolute atomic E-state index is 0.175. The minimum Gasteiger partial charge on any atom is -0.329 e. The van der Waals surface area contributed by atoms with Gasteiger partial charge in [0.15, 0.2) is 0 Å². The Morgan fingerprint density at radius 3 is 2.56 bits per heavy atom. The monoisotopic (exact) mass is 316 g/mol. The summed E-state index contributed by atoms with van der Waals surface area (Å²) in [5, 5.41) is 2.62. The van der Waals surface area contributed by atoms with E-state index >= 15 is 0 Å². The van der Waals surface area contributed by atoms with E-state index in [2.05, 4.69) is 21.2 Å². The maximum Gasteiger partial charge on any atom is 0.231 e. The van der Waals surface area contributed by atoms with Gasteiger partial charge in [0.1, 0.15) is 5.82 Å². The Morgan fingerprint density at radius 1 is 1.44 bits per heavy atom. The molecule has 0 saturated heterocycles. The van der Waals surface area contributed by atoms with Crippen molar-refractivity contribution in [1.29, 1.82) is 0 Å². The lowest BCUT2D eigenvalue weighted by molar-refractivity contribution is -0.125. The Balaban J connectivity index is 2.96. The summed E-state index contributed by atoms with van der Waals surface area (Å²) < 4.78 is 14.3. The van der Waals surface area contributed by atoms with E-state index in [-0.39, 0.29) is 18.1 Å². The molecule has 1 rings (SSSR count). The van der Waals surface area contributed by atoms with E-state index in [9.17, 15) is 9.18 Å². The number of benzene rings is 1. The van der Waals surface area contributed by atoms with Crippen LogP contribution in [-0.2, 0) is 4.79 Å². The van der Waals surface area contributed by atoms with E-state index in [4.69, 9.17) is 5.73 Å². The van der Waals surface area contributed by atoms with Crippen molar-refractivity contribution in [3.63, 3.8) is 0 Å². The third-order valence-electron chi connectivity index (χ3n) is 3.40. The number of nitrogens with two attached hydrogens (primary N) is 1. The van der Waals surface area contributed by atoms with Crippen LogP contribution in [0.25, 0.3) is 0 Å². The highest BCUT2D eigenvalue weighted by molar-refractivity contribution is 9.10. The molecule has 100 valence electrons. The van der Waals surface area contributed by atoms with Crippen molar-refractivity contribution in [3.05, 3.63) is 28.5 Å². The van der Waals surface area contributed by atoms with Crippen LogP contribution in [-0.4, -0.2) is 12.5 Å². The van der Waals surface area contributed by atoms with Crippen molar-refractivity contribution in [3.8, 4) is 0 Å². The molecule has 5 heteroatoms. The van der Waals surface area contributed by atoms with Crippen molar-refractivity contribution in [2.24, 2.45) is 11.1 Å². The second kappa shape index (κ2) is 6.29. The van der Waals surface area contributed by atoms with E-state index in [1.54, 1.807) is 12.1 Å². The van der Waals surface area contributed by atoms with E-state index in [1.807, 2.05) is 13.8 Å². The lowest BCUT2D eigenvalue weighted by atomic mass is 9.81. The smallest absolute Gasteiger partial charge is 0.231 e. The zero-order valence-corrected chi connectivity index (χ0v) is 12.2. The molecule has 3 nitrogen and oxygen atoms in total. The number of halogens is 2. The fourth-order valence-electron chi connectivity index (χ4n) is 1.80.